The summed E-state index contributed by atoms with van der Waals surface area (Å²) in [5.41, 5.74) is 4.65. The number of halogens is 2. The lowest BCUT2D eigenvalue weighted by atomic mass is 10.2. The van der Waals surface area contributed by atoms with Crippen molar-refractivity contribution in [1.82, 2.24) is 20.4 Å². The molecular weight excluding hydrogens is 442 g/mol. The summed E-state index contributed by atoms with van der Waals surface area (Å²) in [6.07, 6.45) is 1.48. The van der Waals surface area contributed by atoms with Gasteiger partial charge in [-0.25, -0.2) is 10.1 Å². The molecule has 0 aliphatic rings. The highest BCUT2D eigenvalue weighted by Crippen LogP contribution is 2.32. The number of fused-ring (bicyclic) bond motifs is 1. The maximum atomic E-state index is 12.0. The van der Waals surface area contributed by atoms with E-state index in [1.807, 2.05) is 24.3 Å². The van der Waals surface area contributed by atoms with Crippen molar-refractivity contribution in [2.75, 3.05) is 0 Å². The number of rotatable bonds is 4. The number of nitrogens with zero attached hydrogens (tertiary/aromatic N) is 4. The Kier molecular flexibility index (Phi) is 4.91. The Bertz CT molecular complexity index is 916. The smallest absolute Gasteiger partial charge is 0.261 e. The number of aromatic hydroxyl groups is 1. The minimum Gasteiger partial charge on any atom is -0.506 e. The van der Waals surface area contributed by atoms with Gasteiger partial charge in [-0.05, 0) is 61.7 Å². The third-order valence-corrected chi connectivity index (χ3v) is 4.36. The standard InChI is InChI=1S/C15H11Br2N5O2/c16-10-5-9(6-11(17)15(10)24)7-18-20-14(23)8-22-13-4-2-1-3-12(13)19-21-22/h1-7,24H,8H2,(H,20,23). The molecule has 2 aromatic carbocycles. The zero-order valence-electron chi connectivity index (χ0n) is 12.1. The quantitative estimate of drug-likeness (QED) is 0.470. The first-order chi connectivity index (χ1) is 11.5. The molecule has 9 heteroatoms. The number of amides is 1. The fraction of sp³-hybridized carbons (Fsp3) is 0.0667. The molecule has 122 valence electrons. The Hall–Kier alpha value is -2.26. The fourth-order valence-corrected chi connectivity index (χ4v) is 3.27. The molecule has 0 aliphatic heterocycles. The number of phenolic OH excluding ortho intramolecular Hbond substituents is 1. The topological polar surface area (TPSA) is 92.4 Å². The number of carbonyl (C=O) groups excluding carboxylic acids is 1. The van der Waals surface area contributed by atoms with Gasteiger partial charge in [-0.15, -0.1) is 5.10 Å². The van der Waals surface area contributed by atoms with Crippen LogP contribution in [0.25, 0.3) is 11.0 Å². The van der Waals surface area contributed by atoms with E-state index in [0.717, 1.165) is 11.0 Å². The van der Waals surface area contributed by atoms with E-state index in [1.165, 1.54) is 10.9 Å². The first kappa shape index (κ1) is 16.6. The number of hydrogen-bond donors (Lipinski definition) is 2. The van der Waals surface area contributed by atoms with Crippen molar-refractivity contribution in [3.05, 3.63) is 50.9 Å². The van der Waals surface area contributed by atoms with E-state index < -0.39 is 0 Å². The predicted octanol–water partition coefficient (Wildman–Crippen LogP) is 2.81. The van der Waals surface area contributed by atoms with Crippen molar-refractivity contribution < 1.29 is 9.90 Å². The minimum absolute atomic E-state index is 0.0147. The summed E-state index contributed by atoms with van der Waals surface area (Å²) >= 11 is 6.47. The second-order valence-electron chi connectivity index (χ2n) is 4.86. The molecule has 24 heavy (non-hydrogen) atoms. The van der Waals surface area contributed by atoms with Crippen LogP contribution in [0.1, 0.15) is 5.56 Å². The lowest BCUT2D eigenvalue weighted by molar-refractivity contribution is -0.121. The van der Waals surface area contributed by atoms with Gasteiger partial charge in [0.15, 0.2) is 0 Å². The molecule has 0 bridgehead atoms. The Balaban J connectivity index is 1.65. The number of nitrogens with one attached hydrogen (secondary N) is 1. The van der Waals surface area contributed by atoms with Gasteiger partial charge >= 0.3 is 0 Å². The molecule has 0 atom stereocenters. The number of hydrogen-bond acceptors (Lipinski definition) is 5. The molecule has 2 N–H and O–H groups in total. The van der Waals surface area contributed by atoms with Crippen molar-refractivity contribution in [2.24, 2.45) is 5.10 Å². The molecule has 0 fully saturated rings. The first-order valence-electron chi connectivity index (χ1n) is 6.83. The molecule has 0 unspecified atom stereocenters. The normalized spacial score (nSPS) is 11.2. The third-order valence-electron chi connectivity index (χ3n) is 3.16. The summed E-state index contributed by atoms with van der Waals surface area (Å²) < 4.78 is 2.56. The van der Waals surface area contributed by atoms with Crippen LogP contribution >= 0.6 is 31.9 Å². The second-order valence-corrected chi connectivity index (χ2v) is 6.57. The largest absolute Gasteiger partial charge is 0.506 e. The highest BCUT2D eigenvalue weighted by molar-refractivity contribution is 9.11. The highest BCUT2D eigenvalue weighted by Gasteiger charge is 2.08. The molecule has 7 nitrogen and oxygen atoms in total. The van der Waals surface area contributed by atoms with Crippen molar-refractivity contribution >= 4 is 55.0 Å². The number of aromatic nitrogens is 3. The molecule has 0 spiro atoms. The van der Waals surface area contributed by atoms with Gasteiger partial charge in [0, 0.05) is 0 Å². The molecule has 0 radical (unpaired) electrons. The number of carbonyl (C=O) groups is 1. The molecule has 1 amide bonds. The van der Waals surface area contributed by atoms with Gasteiger partial charge in [0.2, 0.25) is 0 Å². The summed E-state index contributed by atoms with van der Waals surface area (Å²) in [5, 5.41) is 21.5. The van der Waals surface area contributed by atoms with Gasteiger partial charge in [-0.1, -0.05) is 17.3 Å². The van der Waals surface area contributed by atoms with E-state index >= 15 is 0 Å². The molecule has 1 aromatic heterocycles. The van der Waals surface area contributed by atoms with Crippen LogP contribution in [-0.2, 0) is 11.3 Å². The Morgan fingerprint density at radius 3 is 2.75 bits per heavy atom. The van der Waals surface area contributed by atoms with Gasteiger partial charge in [-0.2, -0.15) is 5.10 Å². The summed E-state index contributed by atoms with van der Waals surface area (Å²) in [5.74, 6) is -0.215. The highest BCUT2D eigenvalue weighted by atomic mass is 79.9. The molecular formula is C15H11Br2N5O2. The molecule has 1 heterocycles. The SMILES string of the molecule is O=C(Cn1nnc2ccccc21)NN=Cc1cc(Br)c(O)c(Br)c1. The Morgan fingerprint density at radius 1 is 1.29 bits per heavy atom. The molecule has 3 aromatic rings. The van der Waals surface area contributed by atoms with Gasteiger partial charge in [0.25, 0.3) is 5.91 Å². The van der Waals surface area contributed by atoms with Crippen LogP contribution in [0.5, 0.6) is 5.75 Å². The van der Waals surface area contributed by atoms with E-state index in [1.54, 1.807) is 12.1 Å². The van der Waals surface area contributed by atoms with Crippen LogP contribution in [0, 0.1) is 0 Å². The van der Waals surface area contributed by atoms with Crippen LogP contribution < -0.4 is 5.43 Å². The van der Waals surface area contributed by atoms with E-state index in [4.69, 9.17) is 0 Å². The number of phenols is 1. The number of hydrazone groups is 1. The maximum absolute atomic E-state index is 12.0. The Labute approximate surface area is 153 Å². The van der Waals surface area contributed by atoms with Crippen LogP contribution in [0.3, 0.4) is 0 Å². The minimum atomic E-state index is -0.321. The maximum Gasteiger partial charge on any atom is 0.261 e. The average Bonchev–Trinajstić information content (AvgIpc) is 2.96. The third kappa shape index (κ3) is 3.62. The van der Waals surface area contributed by atoms with Crippen molar-refractivity contribution in [3.8, 4) is 5.75 Å². The van der Waals surface area contributed by atoms with Crippen LogP contribution in [-0.4, -0.2) is 32.2 Å². The summed E-state index contributed by atoms with van der Waals surface area (Å²) in [4.78, 5) is 12.0. The van der Waals surface area contributed by atoms with Gasteiger partial charge < -0.3 is 5.11 Å². The zero-order valence-corrected chi connectivity index (χ0v) is 15.3. The monoisotopic (exact) mass is 451 g/mol. The number of benzene rings is 2. The van der Waals surface area contributed by atoms with Crippen molar-refractivity contribution in [3.63, 3.8) is 0 Å². The lowest BCUT2D eigenvalue weighted by Gasteiger charge is -2.03. The Morgan fingerprint density at radius 2 is 2.00 bits per heavy atom. The van der Waals surface area contributed by atoms with E-state index in [-0.39, 0.29) is 18.2 Å². The van der Waals surface area contributed by atoms with Crippen molar-refractivity contribution in [1.29, 1.82) is 0 Å². The van der Waals surface area contributed by atoms with Gasteiger partial charge in [0.05, 0.1) is 20.7 Å². The average molecular weight is 453 g/mol. The van der Waals surface area contributed by atoms with Gasteiger partial charge in [-0.3, -0.25) is 4.79 Å². The van der Waals surface area contributed by atoms with Crippen LogP contribution in [0.2, 0.25) is 0 Å². The van der Waals surface area contributed by atoms with Gasteiger partial charge in [0.1, 0.15) is 17.8 Å². The molecule has 0 saturated carbocycles. The number of para-hydroxylation sites is 1. The van der Waals surface area contributed by atoms with E-state index in [9.17, 15) is 9.90 Å². The van der Waals surface area contributed by atoms with Crippen LogP contribution in [0.4, 0.5) is 0 Å². The first-order valence-corrected chi connectivity index (χ1v) is 8.41. The fourth-order valence-electron chi connectivity index (χ4n) is 2.04. The van der Waals surface area contributed by atoms with E-state index in [0.29, 0.717) is 14.5 Å². The zero-order chi connectivity index (χ0) is 17.1. The second kappa shape index (κ2) is 7.10. The molecule has 3 rings (SSSR count). The molecule has 0 saturated heterocycles. The lowest BCUT2D eigenvalue weighted by Crippen LogP contribution is -2.23. The predicted molar refractivity (Wildman–Crippen MR) is 96.8 cm³/mol. The van der Waals surface area contributed by atoms with Crippen molar-refractivity contribution in [2.45, 2.75) is 6.54 Å². The van der Waals surface area contributed by atoms with Crippen LogP contribution in [0.15, 0.2) is 50.4 Å². The summed E-state index contributed by atoms with van der Waals surface area (Å²) in [6, 6.07) is 10.8. The van der Waals surface area contributed by atoms with E-state index in [2.05, 4.69) is 52.7 Å². The molecule has 0 aliphatic carbocycles. The summed E-state index contributed by atoms with van der Waals surface area (Å²) in [6.45, 7) is 0.0147. The summed E-state index contributed by atoms with van der Waals surface area (Å²) in [7, 11) is 0.